The van der Waals surface area contributed by atoms with Crippen molar-refractivity contribution in [3.63, 3.8) is 0 Å². The standard InChI is InChI=1S/C15H18N4O3/c16-18-17-9-12-8-14(20)19(10-12)13-6-4-11(5-7-13)2-1-3-15(21)22/h4-7,12H,1-3,8-10H2,(H,21,22). The van der Waals surface area contributed by atoms with Crippen molar-refractivity contribution in [3.8, 4) is 0 Å². The Hall–Kier alpha value is -2.53. The zero-order chi connectivity index (χ0) is 15.9. The van der Waals surface area contributed by atoms with Crippen molar-refractivity contribution in [2.75, 3.05) is 18.0 Å². The SMILES string of the molecule is [N-]=[N+]=NCC1CC(=O)N(c2ccc(CCCC(=O)O)cc2)C1. The second-order valence-corrected chi connectivity index (χ2v) is 5.40. The van der Waals surface area contributed by atoms with Gasteiger partial charge in [0.2, 0.25) is 5.91 Å². The normalized spacial score (nSPS) is 17.4. The van der Waals surface area contributed by atoms with Crippen LogP contribution in [0.25, 0.3) is 10.4 Å². The molecule has 0 radical (unpaired) electrons. The fraction of sp³-hybridized carbons (Fsp3) is 0.467. The summed E-state index contributed by atoms with van der Waals surface area (Å²) in [6.45, 7) is 0.905. The number of rotatable bonds is 7. The molecule has 116 valence electrons. The topological polar surface area (TPSA) is 106 Å². The molecule has 1 atom stereocenters. The molecule has 22 heavy (non-hydrogen) atoms. The Labute approximate surface area is 128 Å². The number of amides is 1. The van der Waals surface area contributed by atoms with E-state index in [4.69, 9.17) is 10.6 Å². The molecule has 0 saturated carbocycles. The number of benzene rings is 1. The van der Waals surface area contributed by atoms with Gasteiger partial charge in [-0.25, -0.2) is 0 Å². The maximum absolute atomic E-state index is 12.0. The molecule has 1 unspecified atom stereocenters. The minimum atomic E-state index is -0.787. The number of hydrogen-bond acceptors (Lipinski definition) is 3. The van der Waals surface area contributed by atoms with Crippen LogP contribution in [-0.2, 0) is 16.0 Å². The molecule has 1 aliphatic rings. The Kier molecular flexibility index (Phi) is 5.38. The monoisotopic (exact) mass is 302 g/mol. The van der Waals surface area contributed by atoms with Crippen molar-refractivity contribution in [2.24, 2.45) is 11.0 Å². The van der Waals surface area contributed by atoms with Gasteiger partial charge in [0, 0.05) is 36.5 Å². The number of carbonyl (C=O) groups is 2. The number of carboxylic acid groups (broad SMARTS) is 1. The van der Waals surface area contributed by atoms with Gasteiger partial charge in [0.15, 0.2) is 0 Å². The van der Waals surface area contributed by atoms with E-state index in [2.05, 4.69) is 10.0 Å². The predicted molar refractivity (Wildman–Crippen MR) is 81.5 cm³/mol. The fourth-order valence-corrected chi connectivity index (χ4v) is 2.59. The van der Waals surface area contributed by atoms with Gasteiger partial charge < -0.3 is 10.0 Å². The molecule has 0 spiro atoms. The summed E-state index contributed by atoms with van der Waals surface area (Å²) >= 11 is 0. The first-order valence-electron chi connectivity index (χ1n) is 7.22. The number of aliphatic carboxylic acids is 1. The van der Waals surface area contributed by atoms with E-state index in [1.165, 1.54) is 0 Å². The minimum absolute atomic E-state index is 0.0387. The van der Waals surface area contributed by atoms with Crippen LogP contribution in [0.4, 0.5) is 5.69 Å². The third-order valence-electron chi connectivity index (χ3n) is 3.71. The molecule has 7 heteroatoms. The van der Waals surface area contributed by atoms with Gasteiger partial charge in [-0.05, 0) is 42.0 Å². The lowest BCUT2D eigenvalue weighted by Gasteiger charge is -2.17. The molecule has 1 saturated heterocycles. The van der Waals surface area contributed by atoms with Crippen molar-refractivity contribution in [1.82, 2.24) is 0 Å². The van der Waals surface area contributed by atoms with Crippen LogP contribution >= 0.6 is 0 Å². The van der Waals surface area contributed by atoms with Crippen LogP contribution in [0.2, 0.25) is 0 Å². The molecule has 1 aliphatic heterocycles. The van der Waals surface area contributed by atoms with E-state index in [9.17, 15) is 9.59 Å². The number of nitrogens with zero attached hydrogens (tertiary/aromatic N) is 4. The number of carboxylic acids is 1. The number of carbonyl (C=O) groups excluding carboxylic acids is 1. The Balaban J connectivity index is 1.94. The second kappa shape index (κ2) is 7.47. The molecule has 0 bridgehead atoms. The van der Waals surface area contributed by atoms with Crippen molar-refractivity contribution < 1.29 is 14.7 Å². The summed E-state index contributed by atoms with van der Waals surface area (Å²) in [4.78, 5) is 26.9. The van der Waals surface area contributed by atoms with Gasteiger partial charge in [0.1, 0.15) is 0 Å². The molecule has 1 N–H and O–H groups in total. The van der Waals surface area contributed by atoms with E-state index >= 15 is 0 Å². The highest BCUT2D eigenvalue weighted by Crippen LogP contribution is 2.25. The van der Waals surface area contributed by atoms with Gasteiger partial charge in [-0.2, -0.15) is 0 Å². The van der Waals surface area contributed by atoms with Crippen LogP contribution in [0.3, 0.4) is 0 Å². The lowest BCUT2D eigenvalue weighted by atomic mass is 10.1. The van der Waals surface area contributed by atoms with Crippen molar-refractivity contribution in [2.45, 2.75) is 25.7 Å². The van der Waals surface area contributed by atoms with E-state index in [0.717, 1.165) is 11.3 Å². The van der Waals surface area contributed by atoms with Crippen LogP contribution < -0.4 is 4.90 Å². The highest BCUT2D eigenvalue weighted by Gasteiger charge is 2.29. The van der Waals surface area contributed by atoms with Crippen LogP contribution in [0.5, 0.6) is 0 Å². The molecular weight excluding hydrogens is 284 g/mol. The number of azide groups is 1. The Morgan fingerprint density at radius 2 is 2.14 bits per heavy atom. The summed E-state index contributed by atoms with van der Waals surface area (Å²) in [5.74, 6) is -0.680. The zero-order valence-corrected chi connectivity index (χ0v) is 12.2. The molecule has 0 aromatic heterocycles. The first-order valence-corrected chi connectivity index (χ1v) is 7.22. The van der Waals surface area contributed by atoms with Gasteiger partial charge in [-0.3, -0.25) is 9.59 Å². The quantitative estimate of drug-likeness (QED) is 0.475. The number of aryl methyl sites for hydroxylation is 1. The van der Waals surface area contributed by atoms with E-state index in [1.807, 2.05) is 24.3 Å². The summed E-state index contributed by atoms with van der Waals surface area (Å²) in [7, 11) is 0. The Morgan fingerprint density at radius 3 is 2.77 bits per heavy atom. The number of hydrogen-bond donors (Lipinski definition) is 1. The van der Waals surface area contributed by atoms with Gasteiger partial charge in [-0.1, -0.05) is 17.2 Å². The molecule has 0 aliphatic carbocycles. The summed E-state index contributed by atoms with van der Waals surface area (Å²) < 4.78 is 0. The van der Waals surface area contributed by atoms with Crippen LogP contribution in [-0.4, -0.2) is 30.1 Å². The average molecular weight is 302 g/mol. The molecular formula is C15H18N4O3. The maximum Gasteiger partial charge on any atom is 0.303 e. The van der Waals surface area contributed by atoms with Gasteiger partial charge >= 0.3 is 5.97 Å². The first kappa shape index (κ1) is 15.9. The fourth-order valence-electron chi connectivity index (χ4n) is 2.59. The molecule has 1 aromatic rings. The first-order chi connectivity index (χ1) is 10.6. The smallest absolute Gasteiger partial charge is 0.303 e. The van der Waals surface area contributed by atoms with Crippen molar-refractivity contribution in [3.05, 3.63) is 40.3 Å². The lowest BCUT2D eigenvalue weighted by molar-refractivity contribution is -0.137. The highest BCUT2D eigenvalue weighted by atomic mass is 16.4. The second-order valence-electron chi connectivity index (χ2n) is 5.40. The third kappa shape index (κ3) is 4.23. The van der Waals surface area contributed by atoms with Gasteiger partial charge in [-0.15, -0.1) is 0 Å². The minimum Gasteiger partial charge on any atom is -0.481 e. The molecule has 1 fully saturated rings. The van der Waals surface area contributed by atoms with Crippen molar-refractivity contribution >= 4 is 17.6 Å². The highest BCUT2D eigenvalue weighted by molar-refractivity contribution is 5.95. The van der Waals surface area contributed by atoms with Crippen LogP contribution in [0, 0.1) is 5.92 Å². The largest absolute Gasteiger partial charge is 0.481 e. The van der Waals surface area contributed by atoms with Crippen molar-refractivity contribution in [1.29, 1.82) is 0 Å². The summed E-state index contributed by atoms with van der Waals surface area (Å²) in [6, 6.07) is 7.60. The van der Waals surface area contributed by atoms with E-state index < -0.39 is 5.97 Å². The molecule has 1 heterocycles. The Morgan fingerprint density at radius 1 is 1.41 bits per heavy atom. The van der Waals surface area contributed by atoms with Crippen LogP contribution in [0.15, 0.2) is 29.4 Å². The van der Waals surface area contributed by atoms with E-state index in [1.54, 1.807) is 4.90 Å². The number of anilines is 1. The predicted octanol–water partition coefficient (Wildman–Crippen LogP) is 2.76. The van der Waals surface area contributed by atoms with Crippen LogP contribution in [0.1, 0.15) is 24.8 Å². The average Bonchev–Trinajstić information content (AvgIpc) is 2.86. The summed E-state index contributed by atoms with van der Waals surface area (Å²) in [6.07, 6.45) is 1.87. The summed E-state index contributed by atoms with van der Waals surface area (Å²) in [5, 5.41) is 12.2. The third-order valence-corrected chi connectivity index (χ3v) is 3.71. The molecule has 7 nitrogen and oxygen atoms in total. The molecule has 1 amide bonds. The Bertz CT molecular complexity index is 593. The molecule has 2 rings (SSSR count). The van der Waals surface area contributed by atoms with Gasteiger partial charge in [0.25, 0.3) is 0 Å². The zero-order valence-electron chi connectivity index (χ0n) is 12.2. The lowest BCUT2D eigenvalue weighted by Crippen LogP contribution is -2.24. The van der Waals surface area contributed by atoms with E-state index in [-0.39, 0.29) is 18.2 Å². The molecule has 1 aromatic carbocycles. The maximum atomic E-state index is 12.0. The summed E-state index contributed by atoms with van der Waals surface area (Å²) in [5.41, 5.74) is 10.2. The van der Waals surface area contributed by atoms with Gasteiger partial charge in [0.05, 0.1) is 0 Å². The van der Waals surface area contributed by atoms with E-state index in [0.29, 0.717) is 32.4 Å².